The number of hydrogen-bond donors (Lipinski definition) is 0. The van der Waals surface area contributed by atoms with Crippen LogP contribution in [0.3, 0.4) is 0 Å². The smallest absolute Gasteiger partial charge is 0.237 e. The third-order valence-electron chi connectivity index (χ3n) is 9.98. The van der Waals surface area contributed by atoms with Crippen molar-refractivity contribution in [3.8, 4) is 0 Å². The highest BCUT2D eigenvalue weighted by Crippen LogP contribution is 2.45. The van der Waals surface area contributed by atoms with Crippen molar-refractivity contribution in [2.75, 3.05) is 0 Å². The van der Waals surface area contributed by atoms with E-state index in [-0.39, 0.29) is 5.91 Å². The zero-order valence-electron chi connectivity index (χ0n) is 25.1. The van der Waals surface area contributed by atoms with Gasteiger partial charge in [-0.05, 0) is 61.4 Å². The fourth-order valence-electron chi connectivity index (χ4n) is 7.54. The number of imidazole rings is 1. The lowest BCUT2D eigenvalue weighted by Crippen LogP contribution is -2.42. The first kappa shape index (κ1) is 27.2. The number of carbonyl (C=O) groups excluding carboxylic acids is 1. The van der Waals surface area contributed by atoms with Crippen LogP contribution >= 0.6 is 0 Å². The second-order valence-electron chi connectivity index (χ2n) is 12.0. The fraction of sp³-hybridized carbons (Fsp3) is 0.231. The molecule has 0 N–H and O–H groups in total. The summed E-state index contributed by atoms with van der Waals surface area (Å²) in [7, 11) is 0. The molecule has 4 heteroatoms. The number of carbonyl (C=O) groups is 1. The Kier molecular flexibility index (Phi) is 6.65. The van der Waals surface area contributed by atoms with Gasteiger partial charge < -0.3 is 4.57 Å². The molecule has 43 heavy (non-hydrogen) atoms. The largest absolute Gasteiger partial charge is 0.316 e. The van der Waals surface area contributed by atoms with E-state index in [9.17, 15) is 4.79 Å². The van der Waals surface area contributed by atoms with Crippen LogP contribution in [-0.4, -0.2) is 20.0 Å². The van der Waals surface area contributed by atoms with Crippen molar-refractivity contribution < 1.29 is 4.79 Å². The summed E-state index contributed by atoms with van der Waals surface area (Å²) >= 11 is 0. The summed E-state index contributed by atoms with van der Waals surface area (Å²) in [5.41, 5.74) is 7.83. The molecule has 1 unspecified atom stereocenters. The lowest BCUT2D eigenvalue weighted by molar-refractivity contribution is 0.0634. The number of para-hydroxylation sites is 1. The number of hydrogen-bond acceptors (Lipinski definition) is 2. The van der Waals surface area contributed by atoms with Gasteiger partial charge in [0.25, 0.3) is 0 Å². The maximum atomic E-state index is 14.5. The summed E-state index contributed by atoms with van der Waals surface area (Å²) in [4.78, 5) is 19.6. The third-order valence-corrected chi connectivity index (χ3v) is 9.98. The second kappa shape index (κ2) is 10.5. The van der Waals surface area contributed by atoms with Crippen molar-refractivity contribution >= 4 is 16.8 Å². The molecule has 0 aliphatic carbocycles. The maximum Gasteiger partial charge on any atom is 0.237 e. The maximum absolute atomic E-state index is 14.5. The van der Waals surface area contributed by atoms with Crippen LogP contribution in [0.25, 0.3) is 10.9 Å². The average Bonchev–Trinajstić information content (AvgIpc) is 3.57. The predicted octanol–water partition coefficient (Wildman–Crippen LogP) is 8.52. The van der Waals surface area contributed by atoms with Gasteiger partial charge in [0.05, 0.1) is 23.0 Å². The van der Waals surface area contributed by atoms with Gasteiger partial charge >= 0.3 is 0 Å². The van der Waals surface area contributed by atoms with Crippen LogP contribution in [-0.2, 0) is 18.4 Å². The Bertz CT molecular complexity index is 1820. The minimum Gasteiger partial charge on any atom is -0.316 e. The highest BCUT2D eigenvalue weighted by molar-refractivity contribution is 5.99. The number of rotatable bonds is 7. The monoisotopic (exact) mass is 563 g/mol. The molecule has 4 aromatic carbocycles. The molecule has 214 valence electrons. The molecular formula is C39H37N3O. The number of benzene rings is 4. The van der Waals surface area contributed by atoms with Crippen molar-refractivity contribution in [2.45, 2.75) is 52.0 Å². The number of fused-ring (bicyclic) bond motifs is 3. The molecule has 0 amide bonds. The van der Waals surface area contributed by atoms with E-state index >= 15 is 0 Å². The SMILES string of the molecule is CCC1(Cc2ncn(C(c3ccccc3)(c3ccccc3)c3ccccc3)c2C)CCc2c(C)c3ccccc3n2C1=O. The van der Waals surface area contributed by atoms with Crippen molar-refractivity contribution in [1.29, 1.82) is 0 Å². The highest BCUT2D eigenvalue weighted by atomic mass is 16.2. The molecular weight excluding hydrogens is 526 g/mol. The molecule has 0 bridgehead atoms. The summed E-state index contributed by atoms with van der Waals surface area (Å²) in [6, 6.07) is 40.4. The Morgan fingerprint density at radius 2 is 1.30 bits per heavy atom. The van der Waals surface area contributed by atoms with E-state index in [4.69, 9.17) is 4.98 Å². The summed E-state index contributed by atoms with van der Waals surface area (Å²) < 4.78 is 4.35. The molecule has 1 aliphatic rings. The van der Waals surface area contributed by atoms with Crippen molar-refractivity contribution in [3.05, 3.63) is 161 Å². The lowest BCUT2D eigenvalue weighted by atomic mass is 9.73. The van der Waals surface area contributed by atoms with E-state index in [0.717, 1.165) is 58.6 Å². The van der Waals surface area contributed by atoms with Crippen LogP contribution in [0.1, 0.15) is 63.9 Å². The first-order valence-corrected chi connectivity index (χ1v) is 15.3. The van der Waals surface area contributed by atoms with Gasteiger partial charge in [-0.15, -0.1) is 0 Å². The van der Waals surface area contributed by atoms with E-state index in [2.05, 4.69) is 135 Å². The van der Waals surface area contributed by atoms with Gasteiger partial charge in [0.2, 0.25) is 5.91 Å². The third kappa shape index (κ3) is 4.04. The molecule has 0 saturated carbocycles. The molecule has 0 fully saturated rings. The van der Waals surface area contributed by atoms with Gasteiger partial charge in [-0.3, -0.25) is 9.36 Å². The zero-order chi connectivity index (χ0) is 29.6. The van der Waals surface area contributed by atoms with Crippen LogP contribution < -0.4 is 0 Å². The summed E-state index contributed by atoms with van der Waals surface area (Å²) in [5.74, 6) is 0.204. The van der Waals surface area contributed by atoms with Gasteiger partial charge in [-0.2, -0.15) is 0 Å². The lowest BCUT2D eigenvalue weighted by Gasteiger charge is -2.39. The molecule has 3 heterocycles. The van der Waals surface area contributed by atoms with Crippen LogP contribution in [0.2, 0.25) is 0 Å². The standard InChI is InChI=1S/C39H37N3O/c1-4-38(25-24-35-28(2)33-22-14-15-23-36(33)42(35)37(38)43)26-34-29(3)41(27-40-34)39(30-16-8-5-9-17-30,31-18-10-6-11-19-31)32-20-12-7-13-21-32/h5-23,27H,4,24-26H2,1-3H3. The number of nitrogens with zero attached hydrogens (tertiary/aromatic N) is 3. The van der Waals surface area contributed by atoms with Crippen LogP contribution in [0.15, 0.2) is 122 Å². The first-order chi connectivity index (χ1) is 21.0. The van der Waals surface area contributed by atoms with Gasteiger partial charge in [0.15, 0.2) is 0 Å². The zero-order valence-corrected chi connectivity index (χ0v) is 25.1. The fourth-order valence-corrected chi connectivity index (χ4v) is 7.54. The Morgan fingerprint density at radius 1 is 0.767 bits per heavy atom. The summed E-state index contributed by atoms with van der Waals surface area (Å²) in [6.45, 7) is 6.49. The molecule has 6 aromatic rings. The van der Waals surface area contributed by atoms with Crippen molar-refractivity contribution in [1.82, 2.24) is 14.1 Å². The predicted molar refractivity (Wildman–Crippen MR) is 174 cm³/mol. The van der Waals surface area contributed by atoms with Crippen LogP contribution in [0.5, 0.6) is 0 Å². The van der Waals surface area contributed by atoms with Crippen molar-refractivity contribution in [2.24, 2.45) is 5.41 Å². The van der Waals surface area contributed by atoms with E-state index < -0.39 is 11.0 Å². The second-order valence-corrected chi connectivity index (χ2v) is 12.0. The Labute approximate surface area is 253 Å². The van der Waals surface area contributed by atoms with Gasteiger partial charge in [0, 0.05) is 23.2 Å². The number of aromatic nitrogens is 3. The summed E-state index contributed by atoms with van der Waals surface area (Å²) in [5, 5.41) is 1.18. The number of aryl methyl sites for hydroxylation is 1. The molecule has 4 nitrogen and oxygen atoms in total. The molecule has 1 aliphatic heterocycles. The van der Waals surface area contributed by atoms with E-state index in [1.165, 1.54) is 10.9 Å². The van der Waals surface area contributed by atoms with Gasteiger partial charge in [0.1, 0.15) is 5.54 Å². The minimum absolute atomic E-state index is 0.204. The molecule has 0 radical (unpaired) electrons. The normalized spacial score (nSPS) is 16.9. The van der Waals surface area contributed by atoms with E-state index in [1.807, 2.05) is 17.0 Å². The quantitative estimate of drug-likeness (QED) is 0.183. The van der Waals surface area contributed by atoms with Crippen LogP contribution in [0.4, 0.5) is 0 Å². The highest BCUT2D eigenvalue weighted by Gasteiger charge is 2.45. The molecule has 7 rings (SSSR count). The van der Waals surface area contributed by atoms with Crippen LogP contribution in [0, 0.1) is 19.3 Å². The Balaban J connectivity index is 1.39. The minimum atomic E-state index is -0.629. The molecule has 0 saturated heterocycles. The van der Waals surface area contributed by atoms with E-state index in [0.29, 0.717) is 6.42 Å². The Morgan fingerprint density at radius 3 is 1.86 bits per heavy atom. The molecule has 2 aromatic heterocycles. The average molecular weight is 564 g/mol. The van der Waals surface area contributed by atoms with Gasteiger partial charge in [-0.1, -0.05) is 116 Å². The summed E-state index contributed by atoms with van der Waals surface area (Å²) in [6.07, 6.45) is 5.09. The van der Waals surface area contributed by atoms with Gasteiger partial charge in [-0.25, -0.2) is 4.98 Å². The molecule has 1 atom stereocenters. The topological polar surface area (TPSA) is 39.8 Å². The van der Waals surface area contributed by atoms with E-state index in [1.54, 1.807) is 0 Å². The van der Waals surface area contributed by atoms with Crippen molar-refractivity contribution in [3.63, 3.8) is 0 Å². The Hall–Kier alpha value is -4.70. The first-order valence-electron chi connectivity index (χ1n) is 15.3. The molecule has 0 spiro atoms.